The first-order valence-corrected chi connectivity index (χ1v) is 6.81. The molecule has 1 aliphatic heterocycles. The molecule has 0 unspecified atom stereocenters. The molecule has 1 fully saturated rings. The average molecular weight is 265 g/mol. The number of esters is 1. The molecule has 1 saturated heterocycles. The molecule has 3 nitrogen and oxygen atoms in total. The molecule has 0 atom stereocenters. The Kier molecular flexibility index (Phi) is 4.53. The minimum absolute atomic E-state index is 0.0565. The van der Waals surface area contributed by atoms with Gasteiger partial charge in [0.15, 0.2) is 0 Å². The second kappa shape index (κ2) is 6.15. The van der Waals surface area contributed by atoms with Crippen LogP contribution in [0.2, 0.25) is 0 Å². The number of piperidine rings is 1. The lowest BCUT2D eigenvalue weighted by Gasteiger charge is -2.25. The van der Waals surface area contributed by atoms with E-state index >= 15 is 0 Å². The van der Waals surface area contributed by atoms with Crippen LogP contribution in [0.15, 0.2) is 12.1 Å². The van der Waals surface area contributed by atoms with E-state index in [2.05, 4.69) is 5.32 Å². The molecular weight excluding hydrogens is 245 g/mol. The van der Waals surface area contributed by atoms with Gasteiger partial charge in [0.25, 0.3) is 0 Å². The van der Waals surface area contributed by atoms with E-state index in [1.807, 2.05) is 6.92 Å². The molecule has 1 heterocycles. The van der Waals surface area contributed by atoms with Crippen molar-refractivity contribution in [2.24, 2.45) is 0 Å². The smallest absolute Gasteiger partial charge is 0.341 e. The van der Waals surface area contributed by atoms with Crippen molar-refractivity contribution >= 4 is 5.97 Å². The van der Waals surface area contributed by atoms with Crippen molar-refractivity contribution in [2.75, 3.05) is 19.7 Å². The number of carbonyl (C=O) groups is 1. The molecule has 19 heavy (non-hydrogen) atoms. The summed E-state index contributed by atoms with van der Waals surface area (Å²) in [6.45, 7) is 5.81. The van der Waals surface area contributed by atoms with Gasteiger partial charge in [-0.3, -0.25) is 0 Å². The Bertz CT molecular complexity index is 467. The fourth-order valence-electron chi connectivity index (χ4n) is 2.63. The molecule has 0 aliphatic carbocycles. The van der Waals surface area contributed by atoms with E-state index in [9.17, 15) is 9.18 Å². The van der Waals surface area contributed by atoms with Gasteiger partial charge in [-0.2, -0.15) is 0 Å². The molecule has 0 saturated carbocycles. The Morgan fingerprint density at radius 3 is 2.74 bits per heavy atom. The van der Waals surface area contributed by atoms with Crippen LogP contribution in [0.5, 0.6) is 0 Å². The van der Waals surface area contributed by atoms with Crippen LogP contribution in [0.3, 0.4) is 0 Å². The molecule has 1 aromatic carbocycles. The number of carbonyl (C=O) groups excluding carboxylic acids is 1. The summed E-state index contributed by atoms with van der Waals surface area (Å²) in [5, 5.41) is 3.31. The lowest BCUT2D eigenvalue weighted by molar-refractivity contribution is 0.0521. The van der Waals surface area contributed by atoms with Gasteiger partial charge in [-0.25, -0.2) is 9.18 Å². The molecule has 0 amide bonds. The number of nitrogens with one attached hydrogen (secondary N) is 1. The number of benzene rings is 1. The van der Waals surface area contributed by atoms with Crippen molar-refractivity contribution in [1.82, 2.24) is 5.32 Å². The average Bonchev–Trinajstić information content (AvgIpc) is 2.40. The third kappa shape index (κ3) is 3.13. The highest BCUT2D eigenvalue weighted by Gasteiger charge is 2.21. The monoisotopic (exact) mass is 265 g/mol. The van der Waals surface area contributed by atoms with Crippen LogP contribution in [0.4, 0.5) is 4.39 Å². The van der Waals surface area contributed by atoms with Crippen molar-refractivity contribution in [3.63, 3.8) is 0 Å². The molecule has 0 aromatic heterocycles. The summed E-state index contributed by atoms with van der Waals surface area (Å²) in [4.78, 5) is 11.7. The Morgan fingerprint density at radius 2 is 2.11 bits per heavy atom. The summed E-state index contributed by atoms with van der Waals surface area (Å²) in [6.07, 6.45) is 2.05. The van der Waals surface area contributed by atoms with E-state index in [1.54, 1.807) is 13.0 Å². The second-order valence-corrected chi connectivity index (χ2v) is 4.93. The molecule has 1 aromatic rings. The molecule has 0 radical (unpaired) electrons. The summed E-state index contributed by atoms with van der Waals surface area (Å²) in [5.74, 6) is -0.668. The summed E-state index contributed by atoms with van der Waals surface area (Å²) < 4.78 is 18.8. The van der Waals surface area contributed by atoms with Crippen molar-refractivity contribution in [3.8, 4) is 0 Å². The summed E-state index contributed by atoms with van der Waals surface area (Å²) in [6, 6.07) is 3.13. The molecule has 104 valence electrons. The number of rotatable bonds is 3. The molecule has 0 bridgehead atoms. The van der Waals surface area contributed by atoms with Crippen molar-refractivity contribution in [1.29, 1.82) is 0 Å². The van der Waals surface area contributed by atoms with E-state index in [4.69, 9.17) is 4.74 Å². The maximum absolute atomic E-state index is 13.9. The summed E-state index contributed by atoms with van der Waals surface area (Å²) >= 11 is 0. The highest BCUT2D eigenvalue weighted by Crippen LogP contribution is 2.30. The fourth-order valence-corrected chi connectivity index (χ4v) is 2.63. The number of hydrogen-bond donors (Lipinski definition) is 1. The van der Waals surface area contributed by atoms with E-state index < -0.39 is 11.8 Å². The normalized spacial score (nSPS) is 16.4. The van der Waals surface area contributed by atoms with Gasteiger partial charge in [-0.15, -0.1) is 0 Å². The molecule has 2 rings (SSSR count). The van der Waals surface area contributed by atoms with Crippen LogP contribution in [-0.4, -0.2) is 25.7 Å². The van der Waals surface area contributed by atoms with E-state index in [-0.39, 0.29) is 12.2 Å². The van der Waals surface area contributed by atoms with Gasteiger partial charge < -0.3 is 10.1 Å². The van der Waals surface area contributed by atoms with Crippen molar-refractivity contribution in [3.05, 3.63) is 34.6 Å². The first kappa shape index (κ1) is 14.0. The SMILES string of the molecule is CCOC(=O)c1cc(C2CCNCC2)c(C)cc1F. The topological polar surface area (TPSA) is 38.3 Å². The van der Waals surface area contributed by atoms with Gasteiger partial charge in [0.1, 0.15) is 5.82 Å². The highest BCUT2D eigenvalue weighted by atomic mass is 19.1. The van der Waals surface area contributed by atoms with E-state index in [0.29, 0.717) is 5.92 Å². The number of hydrogen-bond acceptors (Lipinski definition) is 3. The van der Waals surface area contributed by atoms with Crippen LogP contribution in [0.25, 0.3) is 0 Å². The molecule has 0 spiro atoms. The highest BCUT2D eigenvalue weighted by molar-refractivity contribution is 5.90. The number of ether oxygens (including phenoxy) is 1. The quantitative estimate of drug-likeness (QED) is 0.854. The van der Waals surface area contributed by atoms with Crippen LogP contribution >= 0.6 is 0 Å². The van der Waals surface area contributed by atoms with Gasteiger partial charge >= 0.3 is 5.97 Å². The fraction of sp³-hybridized carbons (Fsp3) is 0.533. The maximum Gasteiger partial charge on any atom is 0.341 e. The third-order valence-corrected chi connectivity index (χ3v) is 3.63. The standard InChI is InChI=1S/C15H20FNO2/c1-3-19-15(18)13-9-12(10(2)8-14(13)16)11-4-6-17-7-5-11/h8-9,11,17H,3-7H2,1-2H3. The maximum atomic E-state index is 13.9. The predicted molar refractivity (Wildman–Crippen MR) is 71.9 cm³/mol. The lowest BCUT2D eigenvalue weighted by Crippen LogP contribution is -2.27. The molecule has 1 aliphatic rings. The Balaban J connectivity index is 2.32. The zero-order valence-corrected chi connectivity index (χ0v) is 11.5. The zero-order chi connectivity index (χ0) is 13.8. The number of aryl methyl sites for hydroxylation is 1. The van der Waals surface area contributed by atoms with Gasteiger partial charge in [0.2, 0.25) is 0 Å². The van der Waals surface area contributed by atoms with Gasteiger partial charge in [-0.05, 0) is 69.0 Å². The van der Waals surface area contributed by atoms with Crippen molar-refractivity contribution < 1.29 is 13.9 Å². The van der Waals surface area contributed by atoms with Crippen LogP contribution in [0.1, 0.15) is 47.2 Å². The Hall–Kier alpha value is -1.42. The minimum Gasteiger partial charge on any atom is -0.462 e. The van der Waals surface area contributed by atoms with Crippen molar-refractivity contribution in [2.45, 2.75) is 32.6 Å². The Morgan fingerprint density at radius 1 is 1.42 bits per heavy atom. The number of halogens is 1. The molecule has 4 heteroatoms. The predicted octanol–water partition coefficient (Wildman–Crippen LogP) is 2.78. The summed E-state index contributed by atoms with van der Waals surface area (Å²) in [7, 11) is 0. The van der Waals surface area contributed by atoms with Crippen LogP contribution < -0.4 is 5.32 Å². The summed E-state index contributed by atoms with van der Waals surface area (Å²) in [5.41, 5.74) is 2.05. The van der Waals surface area contributed by atoms with Crippen LogP contribution in [-0.2, 0) is 4.74 Å². The molecule has 1 N–H and O–H groups in total. The Labute approximate surface area is 113 Å². The van der Waals surface area contributed by atoms with Gasteiger partial charge in [-0.1, -0.05) is 0 Å². The molecular formula is C15H20FNO2. The van der Waals surface area contributed by atoms with Gasteiger partial charge in [0, 0.05) is 0 Å². The zero-order valence-electron chi connectivity index (χ0n) is 11.5. The lowest BCUT2D eigenvalue weighted by atomic mass is 9.86. The third-order valence-electron chi connectivity index (χ3n) is 3.63. The van der Waals surface area contributed by atoms with Gasteiger partial charge in [0.05, 0.1) is 12.2 Å². The first-order chi connectivity index (χ1) is 9.13. The van der Waals surface area contributed by atoms with E-state index in [1.165, 1.54) is 6.07 Å². The second-order valence-electron chi connectivity index (χ2n) is 4.93. The minimum atomic E-state index is -0.574. The first-order valence-electron chi connectivity index (χ1n) is 6.81. The largest absolute Gasteiger partial charge is 0.462 e. The van der Waals surface area contributed by atoms with Crippen LogP contribution in [0, 0.1) is 12.7 Å². The van der Waals surface area contributed by atoms with E-state index in [0.717, 1.165) is 37.1 Å².